The van der Waals surface area contributed by atoms with Crippen molar-refractivity contribution >= 4 is 11.9 Å². The van der Waals surface area contributed by atoms with Gasteiger partial charge in [-0.2, -0.15) is 13.2 Å². The minimum Gasteiger partial charge on any atom is -0.465 e. The van der Waals surface area contributed by atoms with Gasteiger partial charge in [-0.15, -0.1) is 0 Å². The molecule has 1 saturated heterocycles. The number of carboxylic acid groups (broad SMARTS) is 1. The van der Waals surface area contributed by atoms with Gasteiger partial charge in [0.25, 0.3) is 0 Å². The Kier molecular flexibility index (Phi) is 5.53. The molecule has 1 aromatic heterocycles. The van der Waals surface area contributed by atoms with Crippen LogP contribution in [0.25, 0.3) is 11.3 Å². The highest BCUT2D eigenvalue weighted by molar-refractivity contribution is 5.64. The maximum absolute atomic E-state index is 12.9. The van der Waals surface area contributed by atoms with Crippen molar-refractivity contribution < 1.29 is 23.1 Å². The molecule has 1 aliphatic rings. The largest absolute Gasteiger partial charge is 0.465 e. The molecular formula is C19H20F3N3O2. The quantitative estimate of drug-likeness (QED) is 0.834. The van der Waals surface area contributed by atoms with E-state index in [0.717, 1.165) is 43.9 Å². The van der Waals surface area contributed by atoms with Gasteiger partial charge in [0.1, 0.15) is 5.82 Å². The fraction of sp³-hybridized carbons (Fsp3) is 0.368. The van der Waals surface area contributed by atoms with Crippen LogP contribution in [-0.4, -0.2) is 35.8 Å². The van der Waals surface area contributed by atoms with Gasteiger partial charge in [0.15, 0.2) is 0 Å². The van der Waals surface area contributed by atoms with E-state index in [4.69, 9.17) is 5.11 Å². The summed E-state index contributed by atoms with van der Waals surface area (Å²) in [6, 6.07) is 10.5. The van der Waals surface area contributed by atoms with Gasteiger partial charge in [-0.3, -0.25) is 0 Å². The fourth-order valence-electron chi connectivity index (χ4n) is 3.21. The average molecular weight is 379 g/mol. The molecule has 5 nitrogen and oxygen atoms in total. The molecule has 0 atom stereocenters. The van der Waals surface area contributed by atoms with Crippen molar-refractivity contribution in [2.24, 2.45) is 5.92 Å². The number of nitrogens with one attached hydrogen (secondary N) is 1. The summed E-state index contributed by atoms with van der Waals surface area (Å²) >= 11 is 0. The van der Waals surface area contributed by atoms with Crippen LogP contribution in [0, 0.1) is 5.92 Å². The van der Waals surface area contributed by atoms with Crippen LogP contribution >= 0.6 is 0 Å². The highest BCUT2D eigenvalue weighted by Crippen LogP contribution is 2.32. The number of piperidine rings is 1. The van der Waals surface area contributed by atoms with Gasteiger partial charge in [0, 0.05) is 25.2 Å². The van der Waals surface area contributed by atoms with E-state index < -0.39 is 17.8 Å². The number of benzene rings is 1. The summed E-state index contributed by atoms with van der Waals surface area (Å²) < 4.78 is 38.8. The fourth-order valence-corrected chi connectivity index (χ4v) is 3.21. The van der Waals surface area contributed by atoms with Crippen LogP contribution in [0.3, 0.4) is 0 Å². The Morgan fingerprint density at radius 1 is 1.19 bits per heavy atom. The van der Waals surface area contributed by atoms with Crippen LogP contribution in [0.4, 0.5) is 23.8 Å². The Hall–Kier alpha value is -2.77. The summed E-state index contributed by atoms with van der Waals surface area (Å²) in [6.45, 7) is 1.89. The number of anilines is 1. The first-order valence-corrected chi connectivity index (χ1v) is 8.69. The zero-order chi connectivity index (χ0) is 19.4. The van der Waals surface area contributed by atoms with E-state index in [2.05, 4.69) is 15.2 Å². The Morgan fingerprint density at radius 2 is 1.89 bits per heavy atom. The van der Waals surface area contributed by atoms with Crippen molar-refractivity contribution in [3.63, 3.8) is 0 Å². The second-order valence-corrected chi connectivity index (χ2v) is 6.58. The van der Waals surface area contributed by atoms with E-state index in [-0.39, 0.29) is 5.92 Å². The van der Waals surface area contributed by atoms with Crippen molar-refractivity contribution in [3.8, 4) is 11.3 Å². The number of rotatable bonds is 4. The number of nitrogens with zero attached hydrogens (tertiary/aromatic N) is 2. The number of alkyl halides is 3. The predicted octanol–water partition coefficient (Wildman–Crippen LogP) is 4.25. The molecule has 2 aromatic rings. The first kappa shape index (κ1) is 19.0. The van der Waals surface area contributed by atoms with E-state index in [1.165, 1.54) is 6.07 Å². The van der Waals surface area contributed by atoms with E-state index in [1.807, 2.05) is 6.07 Å². The maximum Gasteiger partial charge on any atom is 0.416 e. The first-order chi connectivity index (χ1) is 12.8. The SMILES string of the molecule is O=C(O)NCC1CCN(c2cccc(-c3cccc(C(F)(F)F)c3)n2)CC1. The average Bonchev–Trinajstić information content (AvgIpc) is 2.66. The Balaban J connectivity index is 1.71. The number of carbonyl (C=O) groups is 1. The van der Waals surface area contributed by atoms with Gasteiger partial charge < -0.3 is 15.3 Å². The summed E-state index contributed by atoms with van der Waals surface area (Å²) in [5, 5.41) is 11.1. The lowest BCUT2D eigenvalue weighted by Crippen LogP contribution is -2.38. The van der Waals surface area contributed by atoms with Crippen LogP contribution in [0.5, 0.6) is 0 Å². The van der Waals surface area contributed by atoms with Gasteiger partial charge in [-0.05, 0) is 43.0 Å². The predicted molar refractivity (Wildman–Crippen MR) is 95.6 cm³/mol. The third-order valence-electron chi connectivity index (χ3n) is 4.70. The van der Waals surface area contributed by atoms with Crippen molar-refractivity contribution in [1.82, 2.24) is 10.3 Å². The van der Waals surface area contributed by atoms with Gasteiger partial charge in [0.2, 0.25) is 0 Å². The van der Waals surface area contributed by atoms with Crippen LogP contribution in [0.15, 0.2) is 42.5 Å². The molecule has 2 N–H and O–H groups in total. The number of halogens is 3. The molecule has 27 heavy (non-hydrogen) atoms. The van der Waals surface area contributed by atoms with E-state index in [0.29, 0.717) is 17.8 Å². The standard InChI is InChI=1S/C19H20F3N3O2/c20-19(21,22)15-4-1-3-14(11-15)16-5-2-6-17(24-16)25-9-7-13(8-10-25)12-23-18(26)27/h1-6,11,13,23H,7-10,12H2,(H,26,27). The van der Waals surface area contributed by atoms with Gasteiger partial charge in [-0.1, -0.05) is 18.2 Å². The van der Waals surface area contributed by atoms with Crippen molar-refractivity contribution in [2.45, 2.75) is 19.0 Å². The summed E-state index contributed by atoms with van der Waals surface area (Å²) in [5.41, 5.74) is 0.222. The van der Waals surface area contributed by atoms with Crippen LogP contribution < -0.4 is 10.2 Å². The molecule has 3 rings (SSSR count). The molecular weight excluding hydrogens is 359 g/mol. The lowest BCUT2D eigenvalue weighted by molar-refractivity contribution is -0.137. The topological polar surface area (TPSA) is 65.5 Å². The molecule has 1 aliphatic heterocycles. The molecule has 0 saturated carbocycles. The Bertz CT molecular complexity index is 803. The number of hydrogen-bond acceptors (Lipinski definition) is 3. The molecule has 0 spiro atoms. The van der Waals surface area contributed by atoms with Crippen molar-refractivity contribution in [1.29, 1.82) is 0 Å². The summed E-state index contributed by atoms with van der Waals surface area (Å²) in [7, 11) is 0. The molecule has 2 heterocycles. The lowest BCUT2D eigenvalue weighted by atomic mass is 9.97. The second kappa shape index (κ2) is 7.85. The maximum atomic E-state index is 12.9. The number of pyridine rings is 1. The molecule has 1 amide bonds. The summed E-state index contributed by atoms with van der Waals surface area (Å²) in [6.07, 6.45) is -3.75. The van der Waals surface area contributed by atoms with E-state index in [1.54, 1.807) is 18.2 Å². The second-order valence-electron chi connectivity index (χ2n) is 6.58. The van der Waals surface area contributed by atoms with Crippen LogP contribution in [-0.2, 0) is 6.18 Å². The highest BCUT2D eigenvalue weighted by atomic mass is 19.4. The minimum atomic E-state index is -4.39. The highest BCUT2D eigenvalue weighted by Gasteiger charge is 2.30. The molecule has 1 fully saturated rings. The Labute approximate surface area is 154 Å². The summed E-state index contributed by atoms with van der Waals surface area (Å²) in [5.74, 6) is 0.999. The van der Waals surface area contributed by atoms with E-state index >= 15 is 0 Å². The number of aromatic nitrogens is 1. The van der Waals surface area contributed by atoms with Crippen LogP contribution in [0.1, 0.15) is 18.4 Å². The lowest BCUT2D eigenvalue weighted by Gasteiger charge is -2.32. The molecule has 0 unspecified atom stereocenters. The normalized spacial score (nSPS) is 15.6. The number of amides is 1. The van der Waals surface area contributed by atoms with Crippen LogP contribution in [0.2, 0.25) is 0 Å². The Morgan fingerprint density at radius 3 is 2.56 bits per heavy atom. The molecule has 8 heteroatoms. The van der Waals surface area contributed by atoms with Gasteiger partial charge in [-0.25, -0.2) is 9.78 Å². The molecule has 1 aromatic carbocycles. The smallest absolute Gasteiger partial charge is 0.416 e. The summed E-state index contributed by atoms with van der Waals surface area (Å²) in [4.78, 5) is 17.2. The molecule has 0 radical (unpaired) electrons. The monoisotopic (exact) mass is 379 g/mol. The van der Waals surface area contributed by atoms with Crippen molar-refractivity contribution in [3.05, 3.63) is 48.0 Å². The van der Waals surface area contributed by atoms with Gasteiger partial charge >= 0.3 is 12.3 Å². The molecule has 144 valence electrons. The van der Waals surface area contributed by atoms with E-state index in [9.17, 15) is 18.0 Å². The van der Waals surface area contributed by atoms with Gasteiger partial charge in [0.05, 0.1) is 11.3 Å². The zero-order valence-electron chi connectivity index (χ0n) is 14.5. The molecule has 0 bridgehead atoms. The van der Waals surface area contributed by atoms with Crippen molar-refractivity contribution in [2.75, 3.05) is 24.5 Å². The number of hydrogen-bond donors (Lipinski definition) is 2. The first-order valence-electron chi connectivity index (χ1n) is 8.69. The minimum absolute atomic E-state index is 0.281. The third kappa shape index (κ3) is 4.90. The molecule has 0 aliphatic carbocycles. The zero-order valence-corrected chi connectivity index (χ0v) is 14.5. The third-order valence-corrected chi connectivity index (χ3v) is 4.70.